The molecule has 0 saturated heterocycles. The van der Waals surface area contributed by atoms with E-state index in [0.717, 1.165) is 27.1 Å². The van der Waals surface area contributed by atoms with Crippen LogP contribution in [-0.4, -0.2) is 9.97 Å². The second kappa shape index (κ2) is 5.46. The second-order valence-electron chi connectivity index (χ2n) is 3.88. The van der Waals surface area contributed by atoms with Crippen molar-refractivity contribution < 1.29 is 0 Å². The van der Waals surface area contributed by atoms with Gasteiger partial charge in [0.25, 0.3) is 0 Å². The number of aromatic nitrogens is 1. The monoisotopic (exact) mass is 321 g/mol. The lowest BCUT2D eigenvalue weighted by molar-refractivity contribution is 1.28. The summed E-state index contributed by atoms with van der Waals surface area (Å²) < 4.78 is 1.02. The zero-order valence-electron chi connectivity index (χ0n) is 9.77. The lowest BCUT2D eigenvalue weighted by Gasteiger charge is -2.09. The predicted molar refractivity (Wildman–Crippen MR) is 82.3 cm³/mol. The summed E-state index contributed by atoms with van der Waals surface area (Å²) in [5, 5.41) is 3.25. The molecule has 0 saturated carbocycles. The molecule has 2 aromatic rings. The summed E-state index contributed by atoms with van der Waals surface area (Å²) in [7, 11) is 0. The molecule has 0 bridgehead atoms. The Labute approximate surface area is 120 Å². The number of aryl methyl sites for hydroxylation is 1. The maximum atomic E-state index is 5.53. The zero-order chi connectivity index (χ0) is 13.1. The third-order valence-corrected chi connectivity index (χ3v) is 3.24. The summed E-state index contributed by atoms with van der Waals surface area (Å²) in [6.07, 6.45) is 1.66. The van der Waals surface area contributed by atoms with Crippen molar-refractivity contribution in [3.8, 4) is 0 Å². The SMILES string of the molecule is Cc1ccc(Br)cc1Nc1ccc(C(N)=S)cn1. The normalized spacial score (nSPS) is 10.1. The Morgan fingerprint density at radius 2 is 2.11 bits per heavy atom. The lowest BCUT2D eigenvalue weighted by atomic mass is 10.2. The predicted octanol–water partition coefficient (Wildman–Crippen LogP) is 3.53. The van der Waals surface area contributed by atoms with Crippen LogP contribution >= 0.6 is 28.1 Å². The van der Waals surface area contributed by atoms with E-state index in [1.165, 1.54) is 0 Å². The highest BCUT2D eigenvalue weighted by Crippen LogP contribution is 2.23. The van der Waals surface area contributed by atoms with Gasteiger partial charge in [-0.3, -0.25) is 0 Å². The van der Waals surface area contributed by atoms with Gasteiger partial charge in [-0.1, -0.05) is 34.2 Å². The third kappa shape index (κ3) is 3.05. The lowest BCUT2D eigenvalue weighted by Crippen LogP contribution is -2.09. The van der Waals surface area contributed by atoms with Gasteiger partial charge in [0.05, 0.1) is 0 Å². The molecule has 0 amide bonds. The largest absolute Gasteiger partial charge is 0.389 e. The van der Waals surface area contributed by atoms with Gasteiger partial charge in [-0.15, -0.1) is 0 Å². The Balaban J connectivity index is 2.23. The van der Waals surface area contributed by atoms with Gasteiger partial charge in [0.15, 0.2) is 0 Å². The van der Waals surface area contributed by atoms with Crippen molar-refractivity contribution in [2.75, 3.05) is 5.32 Å². The molecule has 0 aliphatic heterocycles. The molecule has 0 atom stereocenters. The van der Waals surface area contributed by atoms with Crippen molar-refractivity contribution in [3.63, 3.8) is 0 Å². The minimum absolute atomic E-state index is 0.354. The van der Waals surface area contributed by atoms with Crippen LogP contribution in [-0.2, 0) is 0 Å². The van der Waals surface area contributed by atoms with E-state index in [1.807, 2.05) is 37.3 Å². The Morgan fingerprint density at radius 3 is 2.72 bits per heavy atom. The summed E-state index contributed by atoms with van der Waals surface area (Å²) in [6.45, 7) is 2.04. The number of halogens is 1. The average Bonchev–Trinajstić information content (AvgIpc) is 2.34. The van der Waals surface area contributed by atoms with Crippen molar-refractivity contribution >= 4 is 44.6 Å². The second-order valence-corrected chi connectivity index (χ2v) is 5.24. The summed E-state index contributed by atoms with van der Waals surface area (Å²) >= 11 is 8.33. The number of pyridine rings is 1. The van der Waals surface area contributed by atoms with Crippen molar-refractivity contribution in [3.05, 3.63) is 52.1 Å². The minimum atomic E-state index is 0.354. The smallest absolute Gasteiger partial charge is 0.130 e. The van der Waals surface area contributed by atoms with Crippen LogP contribution < -0.4 is 11.1 Å². The van der Waals surface area contributed by atoms with Crippen LogP contribution in [0.25, 0.3) is 0 Å². The topological polar surface area (TPSA) is 50.9 Å². The number of benzene rings is 1. The molecule has 1 heterocycles. The molecule has 0 fully saturated rings. The van der Waals surface area contributed by atoms with Gasteiger partial charge in [0, 0.05) is 21.9 Å². The number of thiocarbonyl (C=S) groups is 1. The molecule has 0 radical (unpaired) electrons. The number of hydrogen-bond donors (Lipinski definition) is 2. The fourth-order valence-electron chi connectivity index (χ4n) is 1.48. The fourth-order valence-corrected chi connectivity index (χ4v) is 1.96. The highest BCUT2D eigenvalue weighted by atomic mass is 79.9. The fraction of sp³-hybridized carbons (Fsp3) is 0.0769. The Kier molecular flexibility index (Phi) is 3.93. The van der Waals surface area contributed by atoms with Crippen molar-refractivity contribution in [1.82, 2.24) is 4.98 Å². The van der Waals surface area contributed by atoms with Crippen LogP contribution in [0.15, 0.2) is 41.0 Å². The van der Waals surface area contributed by atoms with Crippen LogP contribution in [0, 0.1) is 6.92 Å². The van der Waals surface area contributed by atoms with E-state index in [0.29, 0.717) is 4.99 Å². The average molecular weight is 322 g/mol. The minimum Gasteiger partial charge on any atom is -0.389 e. The first kappa shape index (κ1) is 13.0. The number of anilines is 2. The number of nitrogens with one attached hydrogen (secondary N) is 1. The highest BCUT2D eigenvalue weighted by Gasteiger charge is 2.02. The van der Waals surface area contributed by atoms with Gasteiger partial charge >= 0.3 is 0 Å². The highest BCUT2D eigenvalue weighted by molar-refractivity contribution is 9.10. The molecule has 0 spiro atoms. The molecule has 92 valence electrons. The molecule has 3 nitrogen and oxygen atoms in total. The number of nitrogens with zero attached hydrogens (tertiary/aromatic N) is 1. The van der Waals surface area contributed by atoms with E-state index in [-0.39, 0.29) is 0 Å². The number of rotatable bonds is 3. The van der Waals surface area contributed by atoms with Gasteiger partial charge in [0.1, 0.15) is 10.8 Å². The van der Waals surface area contributed by atoms with Gasteiger partial charge in [-0.05, 0) is 36.8 Å². The Hall–Kier alpha value is -1.46. The van der Waals surface area contributed by atoms with Gasteiger partial charge in [-0.2, -0.15) is 0 Å². The Morgan fingerprint density at radius 1 is 1.33 bits per heavy atom. The first-order valence-corrected chi connectivity index (χ1v) is 6.55. The molecule has 0 aliphatic rings. The van der Waals surface area contributed by atoms with Crippen LogP contribution in [0.3, 0.4) is 0 Å². The number of hydrogen-bond acceptors (Lipinski definition) is 3. The standard InChI is InChI=1S/C13H12BrN3S/c1-8-2-4-10(14)6-11(8)17-12-5-3-9(7-16-12)13(15)18/h2-7H,1H3,(H2,15,18)(H,16,17). The van der Waals surface area contributed by atoms with Crippen molar-refractivity contribution in [2.24, 2.45) is 5.73 Å². The van der Waals surface area contributed by atoms with E-state index in [4.69, 9.17) is 18.0 Å². The van der Waals surface area contributed by atoms with Crippen LogP contribution in [0.1, 0.15) is 11.1 Å². The molecular weight excluding hydrogens is 310 g/mol. The summed E-state index contributed by atoms with van der Waals surface area (Å²) in [5.41, 5.74) is 8.46. The molecule has 2 rings (SSSR count). The molecule has 0 aliphatic carbocycles. The quantitative estimate of drug-likeness (QED) is 0.849. The third-order valence-electron chi connectivity index (χ3n) is 2.51. The van der Waals surface area contributed by atoms with E-state index in [1.54, 1.807) is 6.20 Å². The van der Waals surface area contributed by atoms with Crippen LogP contribution in [0.5, 0.6) is 0 Å². The van der Waals surface area contributed by atoms with Crippen molar-refractivity contribution in [1.29, 1.82) is 0 Å². The summed E-state index contributed by atoms with van der Waals surface area (Å²) in [4.78, 5) is 4.63. The Bertz CT molecular complexity index is 581. The van der Waals surface area contributed by atoms with E-state index >= 15 is 0 Å². The summed E-state index contributed by atoms with van der Waals surface area (Å²) in [5.74, 6) is 0.760. The molecule has 5 heteroatoms. The van der Waals surface area contributed by atoms with Gasteiger partial charge in [0.2, 0.25) is 0 Å². The van der Waals surface area contributed by atoms with Crippen LogP contribution in [0.4, 0.5) is 11.5 Å². The number of nitrogens with two attached hydrogens (primary N) is 1. The van der Waals surface area contributed by atoms with E-state index < -0.39 is 0 Å². The first-order chi connectivity index (χ1) is 8.56. The molecule has 18 heavy (non-hydrogen) atoms. The molecule has 1 aromatic carbocycles. The molecule has 3 N–H and O–H groups in total. The summed E-state index contributed by atoms with van der Waals surface area (Å²) in [6, 6.07) is 9.76. The molecule has 0 unspecified atom stereocenters. The first-order valence-electron chi connectivity index (χ1n) is 5.35. The van der Waals surface area contributed by atoms with Gasteiger partial charge in [-0.25, -0.2) is 4.98 Å². The van der Waals surface area contributed by atoms with E-state index in [2.05, 4.69) is 26.2 Å². The molecular formula is C13H12BrN3S. The van der Waals surface area contributed by atoms with E-state index in [9.17, 15) is 0 Å². The van der Waals surface area contributed by atoms with Crippen LogP contribution in [0.2, 0.25) is 0 Å². The maximum absolute atomic E-state index is 5.53. The maximum Gasteiger partial charge on any atom is 0.130 e. The van der Waals surface area contributed by atoms with Gasteiger partial charge < -0.3 is 11.1 Å². The molecule has 1 aromatic heterocycles. The van der Waals surface area contributed by atoms with Crippen molar-refractivity contribution in [2.45, 2.75) is 6.92 Å². The zero-order valence-corrected chi connectivity index (χ0v) is 12.2.